The second kappa shape index (κ2) is 6.89. The van der Waals surface area contributed by atoms with E-state index in [2.05, 4.69) is 28.9 Å². The molecule has 25 heavy (non-hydrogen) atoms. The molecule has 0 radical (unpaired) electrons. The molecular formula is C16H24N4O4S. The molecule has 2 aromatic rings. The van der Waals surface area contributed by atoms with Crippen molar-refractivity contribution in [3.8, 4) is 11.5 Å². The Hall–Kier alpha value is -1.71. The molecule has 0 amide bonds. The molecule has 0 spiro atoms. The zero-order valence-corrected chi connectivity index (χ0v) is 15.8. The predicted molar refractivity (Wildman–Crippen MR) is 91.6 cm³/mol. The summed E-state index contributed by atoms with van der Waals surface area (Å²) in [6.07, 6.45) is 1.34. The van der Waals surface area contributed by atoms with Gasteiger partial charge in [0, 0.05) is 44.2 Å². The largest absolute Gasteiger partial charge is 0.451 e. The molecule has 0 saturated carbocycles. The minimum Gasteiger partial charge on any atom is -0.451 e. The first-order valence-electron chi connectivity index (χ1n) is 8.45. The predicted octanol–water partition coefficient (Wildman–Crippen LogP) is 2.17. The molecule has 3 heterocycles. The average Bonchev–Trinajstić information content (AvgIpc) is 3.24. The van der Waals surface area contributed by atoms with E-state index in [-0.39, 0.29) is 16.9 Å². The number of nitrogens with zero attached hydrogens (tertiary/aromatic N) is 4. The van der Waals surface area contributed by atoms with Crippen LogP contribution in [-0.4, -0.2) is 60.0 Å². The Morgan fingerprint density at radius 2 is 1.76 bits per heavy atom. The van der Waals surface area contributed by atoms with Crippen LogP contribution in [0, 0.1) is 0 Å². The molecule has 1 fully saturated rings. The second-order valence-corrected chi connectivity index (χ2v) is 8.66. The molecule has 1 saturated heterocycles. The van der Waals surface area contributed by atoms with E-state index in [1.165, 1.54) is 16.6 Å². The van der Waals surface area contributed by atoms with Gasteiger partial charge in [-0.25, -0.2) is 8.42 Å². The molecule has 0 N–H and O–H groups in total. The zero-order valence-electron chi connectivity index (χ0n) is 15.0. The number of rotatable bonds is 5. The molecule has 8 nitrogen and oxygen atoms in total. The van der Waals surface area contributed by atoms with Crippen LogP contribution in [0.3, 0.4) is 0 Å². The Kier molecular flexibility index (Phi) is 4.99. The average molecular weight is 368 g/mol. The topological polar surface area (TPSA) is 92.7 Å². The van der Waals surface area contributed by atoms with E-state index in [0.717, 1.165) is 0 Å². The number of hydrogen-bond acceptors (Lipinski definition) is 7. The quantitative estimate of drug-likeness (QED) is 0.798. The Morgan fingerprint density at radius 1 is 1.08 bits per heavy atom. The Labute approximate surface area is 147 Å². The van der Waals surface area contributed by atoms with Crippen LogP contribution in [0.2, 0.25) is 0 Å². The molecule has 2 aromatic heterocycles. The molecule has 1 aliphatic heterocycles. The van der Waals surface area contributed by atoms with Gasteiger partial charge in [-0.15, -0.1) is 10.2 Å². The van der Waals surface area contributed by atoms with Crippen LogP contribution < -0.4 is 0 Å². The SMILES string of the molecule is CC(C)c1nnc(-c2coc(S(=O)(=O)N3CCN(C(C)C)CC3)c2)o1. The lowest BCUT2D eigenvalue weighted by Gasteiger charge is -2.35. The van der Waals surface area contributed by atoms with Crippen LogP contribution in [0.25, 0.3) is 11.5 Å². The van der Waals surface area contributed by atoms with Crippen LogP contribution in [0.1, 0.15) is 39.5 Å². The van der Waals surface area contributed by atoms with Gasteiger partial charge in [-0.05, 0) is 13.8 Å². The fourth-order valence-electron chi connectivity index (χ4n) is 2.74. The first-order valence-corrected chi connectivity index (χ1v) is 9.89. The third-order valence-corrected chi connectivity index (χ3v) is 6.12. The van der Waals surface area contributed by atoms with E-state index in [1.807, 2.05) is 13.8 Å². The van der Waals surface area contributed by atoms with Gasteiger partial charge in [-0.1, -0.05) is 13.8 Å². The van der Waals surface area contributed by atoms with Crippen molar-refractivity contribution in [2.24, 2.45) is 0 Å². The van der Waals surface area contributed by atoms with Gasteiger partial charge >= 0.3 is 0 Å². The maximum Gasteiger partial charge on any atom is 0.276 e. The normalized spacial score (nSPS) is 17.7. The van der Waals surface area contributed by atoms with Gasteiger partial charge in [0.25, 0.3) is 15.9 Å². The van der Waals surface area contributed by atoms with Crippen LogP contribution >= 0.6 is 0 Å². The molecule has 9 heteroatoms. The Balaban J connectivity index is 1.76. The van der Waals surface area contributed by atoms with Gasteiger partial charge in [0.2, 0.25) is 11.0 Å². The lowest BCUT2D eigenvalue weighted by atomic mass is 10.2. The summed E-state index contributed by atoms with van der Waals surface area (Å²) in [5, 5.41) is 7.81. The summed E-state index contributed by atoms with van der Waals surface area (Å²) >= 11 is 0. The highest BCUT2D eigenvalue weighted by atomic mass is 32.2. The van der Waals surface area contributed by atoms with Crippen molar-refractivity contribution < 1.29 is 17.3 Å². The highest BCUT2D eigenvalue weighted by Gasteiger charge is 2.32. The lowest BCUT2D eigenvalue weighted by molar-refractivity contribution is 0.153. The maximum atomic E-state index is 12.8. The van der Waals surface area contributed by atoms with Crippen molar-refractivity contribution in [1.82, 2.24) is 19.4 Å². The number of hydrogen-bond donors (Lipinski definition) is 0. The minimum atomic E-state index is -3.66. The first kappa shape index (κ1) is 18.1. The molecule has 0 aromatic carbocycles. The summed E-state index contributed by atoms with van der Waals surface area (Å²) in [7, 11) is -3.66. The number of piperazine rings is 1. The van der Waals surface area contributed by atoms with Crippen molar-refractivity contribution >= 4 is 10.0 Å². The van der Waals surface area contributed by atoms with E-state index in [4.69, 9.17) is 8.83 Å². The molecule has 138 valence electrons. The highest BCUT2D eigenvalue weighted by Crippen LogP contribution is 2.27. The van der Waals surface area contributed by atoms with E-state index < -0.39 is 10.0 Å². The molecule has 0 aliphatic carbocycles. The molecule has 3 rings (SSSR count). The summed E-state index contributed by atoms with van der Waals surface area (Å²) in [5.74, 6) is 0.873. The monoisotopic (exact) mass is 368 g/mol. The van der Waals surface area contributed by atoms with Gasteiger partial charge in [0.1, 0.15) is 6.26 Å². The summed E-state index contributed by atoms with van der Waals surface area (Å²) in [6, 6.07) is 1.86. The summed E-state index contributed by atoms with van der Waals surface area (Å²) in [5.41, 5.74) is 0.471. The van der Waals surface area contributed by atoms with Crippen molar-refractivity contribution in [3.63, 3.8) is 0 Å². The smallest absolute Gasteiger partial charge is 0.276 e. The fraction of sp³-hybridized carbons (Fsp3) is 0.625. The van der Waals surface area contributed by atoms with E-state index in [0.29, 0.717) is 43.7 Å². The minimum absolute atomic E-state index is 0.0928. The third kappa shape index (κ3) is 3.63. The van der Waals surface area contributed by atoms with Crippen LogP contribution in [0.15, 0.2) is 26.3 Å². The van der Waals surface area contributed by atoms with Crippen molar-refractivity contribution in [2.45, 2.75) is 44.7 Å². The van der Waals surface area contributed by atoms with E-state index in [9.17, 15) is 8.42 Å². The van der Waals surface area contributed by atoms with Crippen LogP contribution in [-0.2, 0) is 10.0 Å². The van der Waals surface area contributed by atoms with E-state index >= 15 is 0 Å². The molecule has 0 atom stereocenters. The Morgan fingerprint density at radius 3 is 2.32 bits per heavy atom. The van der Waals surface area contributed by atoms with Crippen molar-refractivity contribution in [3.05, 3.63) is 18.2 Å². The molecule has 1 aliphatic rings. The van der Waals surface area contributed by atoms with Gasteiger partial charge < -0.3 is 8.83 Å². The number of sulfonamides is 1. The summed E-state index contributed by atoms with van der Waals surface area (Å²) in [6.45, 7) is 10.4. The third-order valence-electron chi connectivity index (χ3n) is 4.35. The van der Waals surface area contributed by atoms with Crippen molar-refractivity contribution in [2.75, 3.05) is 26.2 Å². The zero-order chi connectivity index (χ0) is 18.2. The fourth-order valence-corrected chi connectivity index (χ4v) is 4.08. The molecular weight excluding hydrogens is 344 g/mol. The lowest BCUT2D eigenvalue weighted by Crippen LogP contribution is -2.50. The van der Waals surface area contributed by atoms with Gasteiger partial charge in [-0.3, -0.25) is 4.90 Å². The van der Waals surface area contributed by atoms with Crippen LogP contribution in [0.5, 0.6) is 0 Å². The molecule has 0 bridgehead atoms. The summed E-state index contributed by atoms with van der Waals surface area (Å²) < 4.78 is 37.9. The Bertz CT molecular complexity index is 817. The summed E-state index contributed by atoms with van der Waals surface area (Å²) in [4.78, 5) is 2.26. The van der Waals surface area contributed by atoms with Crippen molar-refractivity contribution in [1.29, 1.82) is 0 Å². The van der Waals surface area contributed by atoms with Crippen LogP contribution in [0.4, 0.5) is 0 Å². The number of aromatic nitrogens is 2. The maximum absolute atomic E-state index is 12.8. The first-order chi connectivity index (χ1) is 11.8. The highest BCUT2D eigenvalue weighted by molar-refractivity contribution is 7.89. The standard InChI is InChI=1S/C16H24N4O4S/c1-11(2)15-17-18-16(24-15)13-9-14(23-10-13)25(21,22)20-7-5-19(6-8-20)12(3)4/h9-12H,5-8H2,1-4H3. The number of furan rings is 1. The molecule has 0 unspecified atom stereocenters. The van der Waals surface area contributed by atoms with E-state index in [1.54, 1.807) is 0 Å². The van der Waals surface area contributed by atoms with Gasteiger partial charge in [-0.2, -0.15) is 4.31 Å². The van der Waals surface area contributed by atoms with Gasteiger partial charge in [0.15, 0.2) is 0 Å². The van der Waals surface area contributed by atoms with Gasteiger partial charge in [0.05, 0.1) is 5.56 Å². The second-order valence-electron chi connectivity index (χ2n) is 6.79.